The van der Waals surface area contributed by atoms with Crippen molar-refractivity contribution >= 4 is 11.9 Å². The van der Waals surface area contributed by atoms with E-state index < -0.39 is 35.2 Å². The van der Waals surface area contributed by atoms with Crippen LogP contribution in [0.4, 0.5) is 0 Å². The lowest BCUT2D eigenvalue weighted by Gasteiger charge is -2.36. The second kappa shape index (κ2) is 3.19. The van der Waals surface area contributed by atoms with Gasteiger partial charge in [0.05, 0.1) is 18.1 Å². The van der Waals surface area contributed by atoms with Crippen LogP contribution in [0.1, 0.15) is 13.3 Å². The minimum Gasteiger partial charge on any atom is -0.481 e. The SMILES string of the molecule is C[C@@]12C=C[C@@]3(O1)[C@H](C(=O)N1CCCO[C@H]13)[C@H]2C(=O)O. The van der Waals surface area contributed by atoms with E-state index >= 15 is 0 Å². The number of nitrogens with zero attached hydrogens (tertiary/aromatic N) is 1. The third kappa shape index (κ3) is 1.10. The Balaban J connectivity index is 1.86. The van der Waals surface area contributed by atoms with Gasteiger partial charge in [-0.1, -0.05) is 6.08 Å². The Hall–Kier alpha value is -1.40. The molecule has 0 unspecified atom stereocenters. The summed E-state index contributed by atoms with van der Waals surface area (Å²) in [6, 6.07) is 0. The van der Waals surface area contributed by atoms with Crippen molar-refractivity contribution in [3.63, 3.8) is 0 Å². The molecule has 1 N–H and O–H groups in total. The highest BCUT2D eigenvalue weighted by molar-refractivity contribution is 5.91. The fraction of sp³-hybridized carbons (Fsp3) is 0.692. The quantitative estimate of drug-likeness (QED) is 0.675. The second-order valence-corrected chi connectivity index (χ2v) is 5.87. The summed E-state index contributed by atoms with van der Waals surface area (Å²) >= 11 is 0. The van der Waals surface area contributed by atoms with E-state index in [0.29, 0.717) is 13.2 Å². The second-order valence-electron chi connectivity index (χ2n) is 5.87. The molecule has 102 valence electrons. The maximum absolute atomic E-state index is 12.5. The number of ether oxygens (including phenoxy) is 2. The molecule has 0 saturated carbocycles. The summed E-state index contributed by atoms with van der Waals surface area (Å²) in [6.45, 7) is 2.92. The van der Waals surface area contributed by atoms with Gasteiger partial charge >= 0.3 is 5.97 Å². The first-order chi connectivity index (χ1) is 9.00. The Bertz CT molecular complexity index is 517. The first kappa shape index (κ1) is 11.4. The molecule has 0 aromatic rings. The summed E-state index contributed by atoms with van der Waals surface area (Å²) in [4.78, 5) is 25.7. The summed E-state index contributed by atoms with van der Waals surface area (Å²) in [5, 5.41) is 9.47. The minimum absolute atomic E-state index is 0.148. The average Bonchev–Trinajstić information content (AvgIpc) is 2.94. The van der Waals surface area contributed by atoms with Crippen LogP contribution >= 0.6 is 0 Å². The van der Waals surface area contributed by atoms with Crippen molar-refractivity contribution in [2.75, 3.05) is 13.2 Å². The number of amides is 1. The van der Waals surface area contributed by atoms with Crippen LogP contribution in [0.2, 0.25) is 0 Å². The average molecular weight is 265 g/mol. The number of carboxylic acid groups (broad SMARTS) is 1. The molecule has 19 heavy (non-hydrogen) atoms. The highest BCUT2D eigenvalue weighted by Crippen LogP contribution is 2.60. The lowest BCUT2D eigenvalue weighted by molar-refractivity contribution is -0.179. The molecule has 0 aromatic carbocycles. The van der Waals surface area contributed by atoms with Crippen LogP contribution in [0.15, 0.2) is 12.2 Å². The Labute approximate surface area is 110 Å². The van der Waals surface area contributed by atoms with Gasteiger partial charge < -0.3 is 19.5 Å². The van der Waals surface area contributed by atoms with E-state index in [0.717, 1.165) is 6.42 Å². The zero-order chi connectivity index (χ0) is 13.4. The van der Waals surface area contributed by atoms with Crippen LogP contribution in [-0.4, -0.2) is 52.5 Å². The van der Waals surface area contributed by atoms with E-state index in [1.165, 1.54) is 0 Å². The van der Waals surface area contributed by atoms with E-state index in [1.807, 2.05) is 6.08 Å². The highest BCUT2D eigenvalue weighted by Gasteiger charge is 2.75. The Kier molecular flexibility index (Phi) is 1.92. The molecule has 1 spiro atoms. The molecule has 5 atom stereocenters. The van der Waals surface area contributed by atoms with Gasteiger partial charge in [-0.3, -0.25) is 9.59 Å². The van der Waals surface area contributed by atoms with Gasteiger partial charge in [-0.05, 0) is 19.4 Å². The van der Waals surface area contributed by atoms with E-state index in [2.05, 4.69) is 0 Å². The van der Waals surface area contributed by atoms with E-state index in [1.54, 1.807) is 17.9 Å². The summed E-state index contributed by atoms with van der Waals surface area (Å²) in [5.74, 6) is -2.63. The fourth-order valence-electron chi connectivity index (χ4n) is 4.10. The van der Waals surface area contributed by atoms with E-state index in [9.17, 15) is 14.7 Å². The smallest absolute Gasteiger partial charge is 0.310 e. The molecule has 3 saturated heterocycles. The highest BCUT2D eigenvalue weighted by atomic mass is 16.6. The lowest BCUT2D eigenvalue weighted by atomic mass is 9.72. The topological polar surface area (TPSA) is 76.1 Å². The van der Waals surface area contributed by atoms with Crippen LogP contribution in [0, 0.1) is 11.8 Å². The molecule has 1 amide bonds. The molecule has 4 heterocycles. The van der Waals surface area contributed by atoms with Crippen LogP contribution in [-0.2, 0) is 19.1 Å². The number of hydrogen-bond acceptors (Lipinski definition) is 4. The monoisotopic (exact) mass is 265 g/mol. The van der Waals surface area contributed by atoms with Gasteiger partial charge in [-0.2, -0.15) is 0 Å². The van der Waals surface area contributed by atoms with Gasteiger partial charge in [0, 0.05) is 6.54 Å². The van der Waals surface area contributed by atoms with Crippen molar-refractivity contribution in [2.45, 2.75) is 30.8 Å². The molecule has 2 bridgehead atoms. The molecule has 6 heteroatoms. The molecule has 6 nitrogen and oxygen atoms in total. The van der Waals surface area contributed by atoms with Gasteiger partial charge in [0.2, 0.25) is 5.91 Å². The Morgan fingerprint density at radius 3 is 3.05 bits per heavy atom. The molecular formula is C13H15NO5. The number of rotatable bonds is 1. The molecule has 0 radical (unpaired) electrons. The normalized spacial score (nSPS) is 50.5. The van der Waals surface area contributed by atoms with E-state index in [-0.39, 0.29) is 5.91 Å². The van der Waals surface area contributed by atoms with Crippen molar-refractivity contribution in [2.24, 2.45) is 11.8 Å². The maximum atomic E-state index is 12.5. The van der Waals surface area contributed by atoms with Gasteiger partial charge in [-0.25, -0.2) is 0 Å². The van der Waals surface area contributed by atoms with Gasteiger partial charge in [0.1, 0.15) is 11.5 Å². The van der Waals surface area contributed by atoms with Crippen LogP contribution in [0.25, 0.3) is 0 Å². The van der Waals surface area contributed by atoms with Crippen molar-refractivity contribution < 1.29 is 24.2 Å². The fourth-order valence-corrected chi connectivity index (χ4v) is 4.10. The molecule has 0 aliphatic carbocycles. The lowest BCUT2D eigenvalue weighted by Crippen LogP contribution is -2.50. The molecular weight excluding hydrogens is 250 g/mol. The predicted molar refractivity (Wildman–Crippen MR) is 62.0 cm³/mol. The van der Waals surface area contributed by atoms with Crippen molar-refractivity contribution in [1.82, 2.24) is 4.90 Å². The number of carboxylic acids is 1. The van der Waals surface area contributed by atoms with Crippen molar-refractivity contribution in [3.05, 3.63) is 12.2 Å². The first-order valence-electron chi connectivity index (χ1n) is 6.55. The zero-order valence-corrected chi connectivity index (χ0v) is 10.5. The molecule has 0 aromatic heterocycles. The Morgan fingerprint density at radius 2 is 2.32 bits per heavy atom. The van der Waals surface area contributed by atoms with Crippen LogP contribution in [0.5, 0.6) is 0 Å². The molecule has 4 aliphatic rings. The summed E-state index contributed by atoms with van der Waals surface area (Å²) in [7, 11) is 0. The third-order valence-electron chi connectivity index (χ3n) is 4.81. The first-order valence-corrected chi connectivity index (χ1v) is 6.55. The molecule has 4 aliphatic heterocycles. The number of hydrogen-bond donors (Lipinski definition) is 1. The van der Waals surface area contributed by atoms with Crippen molar-refractivity contribution in [3.8, 4) is 0 Å². The predicted octanol–water partition coefficient (Wildman–Crippen LogP) is -0.0105. The van der Waals surface area contributed by atoms with Crippen LogP contribution in [0.3, 0.4) is 0 Å². The Morgan fingerprint density at radius 1 is 1.53 bits per heavy atom. The number of carbonyl (C=O) groups excluding carboxylic acids is 1. The zero-order valence-electron chi connectivity index (χ0n) is 10.5. The molecule has 3 fully saturated rings. The third-order valence-corrected chi connectivity index (χ3v) is 4.81. The van der Waals surface area contributed by atoms with Gasteiger partial charge in [0.15, 0.2) is 6.23 Å². The minimum atomic E-state index is -0.980. The van der Waals surface area contributed by atoms with Crippen molar-refractivity contribution in [1.29, 1.82) is 0 Å². The summed E-state index contributed by atoms with van der Waals surface area (Å²) in [5.41, 5.74) is -1.81. The number of fused-ring (bicyclic) bond motifs is 2. The van der Waals surface area contributed by atoms with Gasteiger partial charge in [-0.15, -0.1) is 0 Å². The maximum Gasteiger partial charge on any atom is 0.310 e. The summed E-state index contributed by atoms with van der Waals surface area (Å²) in [6.07, 6.45) is 3.92. The summed E-state index contributed by atoms with van der Waals surface area (Å²) < 4.78 is 11.7. The molecule has 4 rings (SSSR count). The number of aliphatic carboxylic acids is 1. The largest absolute Gasteiger partial charge is 0.481 e. The standard InChI is InChI=1S/C13H15NO5/c1-12-3-4-13(19-12)7(8(12)10(16)17)9(15)14-5-2-6-18-11(13)14/h3-4,7-8,11H,2,5-6H2,1H3,(H,16,17)/t7-,8-,11-,12-,13+/m0/s1. The van der Waals surface area contributed by atoms with Crippen LogP contribution < -0.4 is 0 Å². The van der Waals surface area contributed by atoms with E-state index in [4.69, 9.17) is 9.47 Å². The van der Waals surface area contributed by atoms with Gasteiger partial charge in [0.25, 0.3) is 0 Å². The number of carbonyl (C=O) groups is 2.